The Labute approximate surface area is 148 Å². The Morgan fingerprint density at radius 3 is 2.44 bits per heavy atom. The summed E-state index contributed by atoms with van der Waals surface area (Å²) in [5.41, 5.74) is 1.22. The summed E-state index contributed by atoms with van der Waals surface area (Å²) >= 11 is 0. The van der Waals surface area contributed by atoms with Crippen molar-refractivity contribution in [1.29, 1.82) is 0 Å². The van der Waals surface area contributed by atoms with E-state index in [1.807, 2.05) is 18.2 Å². The van der Waals surface area contributed by atoms with Gasteiger partial charge in [0, 0.05) is 25.7 Å². The fourth-order valence-electron chi connectivity index (χ4n) is 4.56. The lowest BCUT2D eigenvalue weighted by Gasteiger charge is -2.50. The van der Waals surface area contributed by atoms with Gasteiger partial charge in [0.1, 0.15) is 6.61 Å². The molecule has 0 aromatic heterocycles. The van der Waals surface area contributed by atoms with E-state index in [4.69, 9.17) is 5.11 Å². The SMILES string of the molecule is O=C(CO)N1CCC2(CC1)C[C@H](c1ccccc1)C(=O)N(C1CC1)C2. The molecule has 4 rings (SSSR count). The number of hydrogen-bond acceptors (Lipinski definition) is 3. The number of rotatable bonds is 3. The minimum absolute atomic E-state index is 0.0596. The van der Waals surface area contributed by atoms with Gasteiger partial charge in [-0.1, -0.05) is 30.3 Å². The third kappa shape index (κ3) is 3.17. The third-order valence-corrected chi connectivity index (χ3v) is 6.23. The topological polar surface area (TPSA) is 60.9 Å². The van der Waals surface area contributed by atoms with Crippen molar-refractivity contribution in [2.45, 2.75) is 44.1 Å². The van der Waals surface area contributed by atoms with Gasteiger partial charge >= 0.3 is 0 Å². The summed E-state index contributed by atoms with van der Waals surface area (Å²) < 4.78 is 0. The molecule has 5 nitrogen and oxygen atoms in total. The highest BCUT2D eigenvalue weighted by molar-refractivity contribution is 5.85. The van der Waals surface area contributed by atoms with Crippen molar-refractivity contribution >= 4 is 11.8 Å². The first-order chi connectivity index (χ1) is 12.1. The Balaban J connectivity index is 1.56. The van der Waals surface area contributed by atoms with E-state index in [1.165, 1.54) is 0 Å². The van der Waals surface area contributed by atoms with E-state index in [9.17, 15) is 9.59 Å². The molecule has 1 atom stereocenters. The van der Waals surface area contributed by atoms with Crippen molar-refractivity contribution in [2.75, 3.05) is 26.2 Å². The van der Waals surface area contributed by atoms with Crippen LogP contribution < -0.4 is 0 Å². The second kappa shape index (κ2) is 6.45. The number of aliphatic hydroxyl groups excluding tert-OH is 1. The number of benzene rings is 1. The standard InChI is InChI=1S/C20H26N2O3/c23-13-18(24)21-10-8-20(9-11-21)12-17(15-4-2-1-3-5-15)19(25)22(14-20)16-6-7-16/h1-5,16-17,23H,6-14H2/t17-/m1/s1. The molecule has 134 valence electrons. The highest BCUT2D eigenvalue weighted by atomic mass is 16.3. The molecule has 0 radical (unpaired) electrons. The van der Waals surface area contributed by atoms with Gasteiger partial charge in [0.25, 0.3) is 0 Å². The van der Waals surface area contributed by atoms with Crippen LogP contribution in [0.4, 0.5) is 0 Å². The first-order valence-corrected chi connectivity index (χ1v) is 9.36. The third-order valence-electron chi connectivity index (χ3n) is 6.23. The summed E-state index contributed by atoms with van der Waals surface area (Å²) in [6.45, 7) is 1.80. The van der Waals surface area contributed by atoms with Crippen LogP contribution in [0.25, 0.3) is 0 Å². The fraction of sp³-hybridized carbons (Fsp3) is 0.600. The van der Waals surface area contributed by atoms with Gasteiger partial charge in [0.15, 0.2) is 0 Å². The normalized spacial score (nSPS) is 26.1. The molecule has 0 bridgehead atoms. The predicted molar refractivity (Wildman–Crippen MR) is 93.9 cm³/mol. The first kappa shape index (κ1) is 16.6. The van der Waals surface area contributed by atoms with Crippen LogP contribution in [0.5, 0.6) is 0 Å². The molecule has 2 aliphatic heterocycles. The molecule has 1 saturated carbocycles. The molecule has 1 aromatic carbocycles. The lowest BCUT2D eigenvalue weighted by atomic mass is 9.67. The van der Waals surface area contributed by atoms with Gasteiger partial charge in [0.2, 0.25) is 11.8 Å². The van der Waals surface area contributed by atoms with Crippen LogP contribution in [0.15, 0.2) is 30.3 Å². The Kier molecular flexibility index (Phi) is 4.28. The van der Waals surface area contributed by atoms with Crippen LogP contribution in [0.3, 0.4) is 0 Å². The lowest BCUT2D eigenvalue weighted by Crippen LogP contribution is -2.55. The van der Waals surface area contributed by atoms with Crippen LogP contribution >= 0.6 is 0 Å². The number of amides is 2. The van der Waals surface area contributed by atoms with E-state index in [-0.39, 0.29) is 23.1 Å². The van der Waals surface area contributed by atoms with E-state index in [0.29, 0.717) is 19.1 Å². The van der Waals surface area contributed by atoms with E-state index in [2.05, 4.69) is 17.0 Å². The van der Waals surface area contributed by atoms with Crippen molar-refractivity contribution in [2.24, 2.45) is 5.41 Å². The van der Waals surface area contributed by atoms with E-state index in [0.717, 1.165) is 44.2 Å². The number of hydrogen-bond donors (Lipinski definition) is 1. The maximum absolute atomic E-state index is 13.1. The Bertz CT molecular complexity index is 648. The molecule has 2 heterocycles. The molecular weight excluding hydrogens is 316 g/mol. The monoisotopic (exact) mass is 342 g/mol. The van der Waals surface area contributed by atoms with Crippen molar-refractivity contribution in [3.63, 3.8) is 0 Å². The van der Waals surface area contributed by atoms with Crippen LogP contribution in [-0.4, -0.2) is 59.0 Å². The van der Waals surface area contributed by atoms with Gasteiger partial charge in [-0.15, -0.1) is 0 Å². The summed E-state index contributed by atoms with van der Waals surface area (Å²) in [6, 6.07) is 10.6. The van der Waals surface area contributed by atoms with Crippen molar-refractivity contribution in [3.05, 3.63) is 35.9 Å². The molecule has 3 aliphatic rings. The van der Waals surface area contributed by atoms with Crippen LogP contribution in [0, 0.1) is 5.41 Å². The minimum Gasteiger partial charge on any atom is -0.387 e. The zero-order valence-corrected chi connectivity index (χ0v) is 14.6. The van der Waals surface area contributed by atoms with Crippen LogP contribution in [0.1, 0.15) is 43.6 Å². The van der Waals surface area contributed by atoms with Crippen molar-refractivity contribution in [1.82, 2.24) is 9.80 Å². The van der Waals surface area contributed by atoms with Gasteiger partial charge in [-0.25, -0.2) is 0 Å². The number of carbonyl (C=O) groups is 2. The summed E-state index contributed by atoms with van der Waals surface area (Å²) in [5, 5.41) is 9.09. The van der Waals surface area contributed by atoms with Crippen LogP contribution in [0.2, 0.25) is 0 Å². The number of likely N-dealkylation sites (tertiary alicyclic amines) is 2. The first-order valence-electron chi connectivity index (χ1n) is 9.36. The van der Waals surface area contributed by atoms with Gasteiger partial charge in [-0.05, 0) is 43.1 Å². The average Bonchev–Trinajstić information content (AvgIpc) is 3.49. The molecule has 5 heteroatoms. The smallest absolute Gasteiger partial charge is 0.248 e. The van der Waals surface area contributed by atoms with Crippen molar-refractivity contribution in [3.8, 4) is 0 Å². The zero-order valence-electron chi connectivity index (χ0n) is 14.6. The molecule has 1 N–H and O–H groups in total. The Morgan fingerprint density at radius 1 is 1.16 bits per heavy atom. The lowest BCUT2D eigenvalue weighted by molar-refractivity contribution is -0.146. The van der Waals surface area contributed by atoms with E-state index >= 15 is 0 Å². The minimum atomic E-state index is -0.410. The maximum atomic E-state index is 13.1. The number of piperidine rings is 2. The summed E-state index contributed by atoms with van der Waals surface area (Å²) in [5.74, 6) is 0.0456. The van der Waals surface area contributed by atoms with Gasteiger partial charge in [-0.2, -0.15) is 0 Å². The highest BCUT2D eigenvalue weighted by Crippen LogP contribution is 2.48. The molecule has 2 amide bonds. The van der Waals surface area contributed by atoms with E-state index < -0.39 is 6.61 Å². The molecule has 3 fully saturated rings. The van der Waals surface area contributed by atoms with Gasteiger partial charge in [-0.3, -0.25) is 9.59 Å². The van der Waals surface area contributed by atoms with Gasteiger partial charge in [0.05, 0.1) is 5.92 Å². The average molecular weight is 342 g/mol. The molecule has 0 unspecified atom stereocenters. The summed E-state index contributed by atoms with van der Waals surface area (Å²) in [6.07, 6.45) is 4.95. The number of aliphatic hydroxyl groups is 1. The Morgan fingerprint density at radius 2 is 1.84 bits per heavy atom. The molecule has 2 saturated heterocycles. The largest absolute Gasteiger partial charge is 0.387 e. The van der Waals surface area contributed by atoms with Gasteiger partial charge < -0.3 is 14.9 Å². The number of carbonyl (C=O) groups excluding carboxylic acids is 2. The van der Waals surface area contributed by atoms with Crippen LogP contribution in [-0.2, 0) is 9.59 Å². The molecule has 1 aliphatic carbocycles. The highest BCUT2D eigenvalue weighted by Gasteiger charge is 2.49. The second-order valence-electron chi connectivity index (χ2n) is 7.90. The van der Waals surface area contributed by atoms with Crippen molar-refractivity contribution < 1.29 is 14.7 Å². The Hall–Kier alpha value is -1.88. The quantitative estimate of drug-likeness (QED) is 0.911. The maximum Gasteiger partial charge on any atom is 0.248 e. The fourth-order valence-corrected chi connectivity index (χ4v) is 4.56. The summed E-state index contributed by atoms with van der Waals surface area (Å²) in [7, 11) is 0. The molecular formula is C20H26N2O3. The molecule has 25 heavy (non-hydrogen) atoms. The zero-order chi connectivity index (χ0) is 17.4. The number of nitrogens with zero attached hydrogens (tertiary/aromatic N) is 2. The second-order valence-corrected chi connectivity index (χ2v) is 7.90. The summed E-state index contributed by atoms with van der Waals surface area (Å²) in [4.78, 5) is 28.7. The predicted octanol–water partition coefficient (Wildman–Crippen LogP) is 1.77. The molecule has 1 aromatic rings. The van der Waals surface area contributed by atoms with E-state index in [1.54, 1.807) is 4.90 Å². The molecule has 1 spiro atoms.